The van der Waals surface area contributed by atoms with Gasteiger partial charge in [0.25, 0.3) is 0 Å². The van der Waals surface area contributed by atoms with Gasteiger partial charge in [-0.3, -0.25) is 9.59 Å². The first-order chi connectivity index (χ1) is 12.5. The van der Waals surface area contributed by atoms with Gasteiger partial charge in [0.05, 0.1) is 0 Å². The number of nitrogens with zero attached hydrogens (tertiary/aromatic N) is 1. The van der Waals surface area contributed by atoms with Crippen LogP contribution in [-0.4, -0.2) is 47.7 Å². The smallest absolute Gasteiger partial charge is 0.314 e. The van der Waals surface area contributed by atoms with E-state index in [-0.39, 0.29) is 12.6 Å². The topological polar surface area (TPSA) is 66.8 Å². The summed E-state index contributed by atoms with van der Waals surface area (Å²) in [6.07, 6.45) is 8.38. The van der Waals surface area contributed by atoms with Crippen LogP contribution in [0.25, 0.3) is 0 Å². The highest BCUT2D eigenvalue weighted by atomic mass is 16.5. The van der Waals surface area contributed by atoms with Crippen LogP contribution in [0.4, 0.5) is 0 Å². The number of hydrogen-bond donors (Lipinski definition) is 1. The molecule has 144 valence electrons. The Balaban J connectivity index is 0.000000223. The predicted molar refractivity (Wildman–Crippen MR) is 101 cm³/mol. The number of carbonyl (C=O) groups excluding carboxylic acids is 1. The van der Waals surface area contributed by atoms with E-state index in [0.717, 1.165) is 12.1 Å². The van der Waals surface area contributed by atoms with Crippen molar-refractivity contribution in [1.29, 1.82) is 0 Å². The standard InChI is InChI=1S/C13H16O4.C8H15N/c1-2-6-12(14)17-9-11(13(15)16)10-7-4-3-5-8-10;1-9-7-3-2-4-8(9)6-5-7/h3-5,7-8,11H,2,6,9H2,1H3,(H,15,16);7-8H,2-6H2,1H3. The SMILES string of the molecule is CCCC(=O)OCC(C(=O)O)c1ccccc1.CN1C2CCCC1CC2. The van der Waals surface area contributed by atoms with Gasteiger partial charge in [0, 0.05) is 18.5 Å². The Hall–Kier alpha value is -1.88. The molecule has 2 fully saturated rings. The largest absolute Gasteiger partial charge is 0.481 e. The Kier molecular flexibility index (Phi) is 8.10. The maximum absolute atomic E-state index is 11.2. The summed E-state index contributed by atoms with van der Waals surface area (Å²) in [5.74, 6) is -2.13. The zero-order valence-corrected chi connectivity index (χ0v) is 15.9. The molecule has 2 heterocycles. The van der Waals surface area contributed by atoms with Crippen molar-refractivity contribution in [2.45, 2.75) is 69.9 Å². The van der Waals surface area contributed by atoms with E-state index in [1.807, 2.05) is 13.0 Å². The maximum atomic E-state index is 11.2. The van der Waals surface area contributed by atoms with Crippen molar-refractivity contribution in [1.82, 2.24) is 4.90 Å². The summed E-state index contributed by atoms with van der Waals surface area (Å²) < 4.78 is 4.94. The normalized spacial score (nSPS) is 22.8. The van der Waals surface area contributed by atoms with Crippen LogP contribution in [0.5, 0.6) is 0 Å². The molecule has 1 aromatic carbocycles. The van der Waals surface area contributed by atoms with Gasteiger partial charge >= 0.3 is 11.9 Å². The van der Waals surface area contributed by atoms with E-state index in [2.05, 4.69) is 11.9 Å². The van der Waals surface area contributed by atoms with Crippen LogP contribution >= 0.6 is 0 Å². The molecule has 5 nitrogen and oxygen atoms in total. The zero-order chi connectivity index (χ0) is 18.9. The molecule has 26 heavy (non-hydrogen) atoms. The van der Waals surface area contributed by atoms with E-state index in [9.17, 15) is 9.59 Å². The summed E-state index contributed by atoms with van der Waals surface area (Å²) in [5.41, 5.74) is 0.643. The number of benzene rings is 1. The third-order valence-electron chi connectivity index (χ3n) is 5.42. The molecule has 0 radical (unpaired) electrons. The third-order valence-corrected chi connectivity index (χ3v) is 5.42. The molecule has 2 bridgehead atoms. The second-order valence-corrected chi connectivity index (χ2v) is 7.22. The van der Waals surface area contributed by atoms with Crippen LogP contribution < -0.4 is 0 Å². The fraction of sp³-hybridized carbons (Fsp3) is 0.619. The first kappa shape index (κ1) is 20.4. The van der Waals surface area contributed by atoms with Crippen molar-refractivity contribution in [2.75, 3.05) is 13.7 Å². The highest BCUT2D eigenvalue weighted by Gasteiger charge is 2.33. The predicted octanol–water partition coefficient (Wildman–Crippen LogP) is 3.83. The van der Waals surface area contributed by atoms with Crippen LogP contribution in [0, 0.1) is 0 Å². The molecule has 2 aliphatic heterocycles. The average Bonchev–Trinajstić information content (AvgIpc) is 2.84. The van der Waals surface area contributed by atoms with Gasteiger partial charge in [-0.2, -0.15) is 0 Å². The Labute approximate surface area is 156 Å². The Bertz CT molecular complexity index is 559. The van der Waals surface area contributed by atoms with E-state index in [4.69, 9.17) is 9.84 Å². The average molecular weight is 361 g/mol. The number of ether oxygens (including phenoxy) is 1. The van der Waals surface area contributed by atoms with Gasteiger partial charge in [-0.15, -0.1) is 0 Å². The van der Waals surface area contributed by atoms with Crippen LogP contribution in [-0.2, 0) is 14.3 Å². The van der Waals surface area contributed by atoms with Crippen molar-refractivity contribution < 1.29 is 19.4 Å². The number of rotatable bonds is 6. The van der Waals surface area contributed by atoms with Gasteiger partial charge in [0.2, 0.25) is 0 Å². The number of esters is 1. The second-order valence-electron chi connectivity index (χ2n) is 7.22. The van der Waals surface area contributed by atoms with Crippen molar-refractivity contribution >= 4 is 11.9 Å². The summed E-state index contributed by atoms with van der Waals surface area (Å²) in [6.45, 7) is 1.76. The molecule has 1 N–H and O–H groups in total. The first-order valence-electron chi connectivity index (χ1n) is 9.68. The molecule has 0 aromatic heterocycles. The van der Waals surface area contributed by atoms with E-state index < -0.39 is 11.9 Å². The first-order valence-corrected chi connectivity index (χ1v) is 9.68. The highest BCUT2D eigenvalue weighted by molar-refractivity contribution is 5.77. The van der Waals surface area contributed by atoms with Crippen LogP contribution in [0.2, 0.25) is 0 Å². The highest BCUT2D eigenvalue weighted by Crippen LogP contribution is 2.33. The van der Waals surface area contributed by atoms with Crippen LogP contribution in [0.1, 0.15) is 63.4 Å². The minimum absolute atomic E-state index is 0.113. The van der Waals surface area contributed by atoms with E-state index in [1.54, 1.807) is 24.3 Å². The van der Waals surface area contributed by atoms with Crippen LogP contribution in [0.3, 0.4) is 0 Å². The van der Waals surface area contributed by atoms with Crippen molar-refractivity contribution in [2.24, 2.45) is 0 Å². The number of piperidine rings is 1. The lowest BCUT2D eigenvalue weighted by Gasteiger charge is -2.30. The lowest BCUT2D eigenvalue weighted by molar-refractivity contribution is -0.148. The minimum atomic E-state index is -0.986. The van der Waals surface area contributed by atoms with Gasteiger partial charge in [-0.1, -0.05) is 43.7 Å². The van der Waals surface area contributed by atoms with Crippen molar-refractivity contribution in [3.05, 3.63) is 35.9 Å². The summed E-state index contributed by atoms with van der Waals surface area (Å²) in [5, 5.41) is 9.08. The zero-order valence-electron chi connectivity index (χ0n) is 15.9. The van der Waals surface area contributed by atoms with E-state index in [1.165, 1.54) is 32.1 Å². The monoisotopic (exact) mass is 361 g/mol. The molecule has 0 amide bonds. The molecular formula is C21H31NO4. The molecule has 2 aliphatic rings. The molecule has 3 atom stereocenters. The van der Waals surface area contributed by atoms with Crippen molar-refractivity contribution in [3.8, 4) is 0 Å². The van der Waals surface area contributed by atoms with Gasteiger partial charge in [-0.25, -0.2) is 0 Å². The lowest BCUT2D eigenvalue weighted by atomic mass is 10.0. The van der Waals surface area contributed by atoms with Gasteiger partial charge in [-0.05, 0) is 44.7 Å². The fourth-order valence-corrected chi connectivity index (χ4v) is 3.82. The molecule has 0 saturated carbocycles. The van der Waals surface area contributed by atoms with Crippen molar-refractivity contribution in [3.63, 3.8) is 0 Å². The summed E-state index contributed by atoms with van der Waals surface area (Å²) >= 11 is 0. The molecule has 3 unspecified atom stereocenters. The van der Waals surface area contributed by atoms with Crippen LogP contribution in [0.15, 0.2) is 30.3 Å². The Morgan fingerprint density at radius 3 is 2.27 bits per heavy atom. The molecular weight excluding hydrogens is 330 g/mol. The number of aliphatic carboxylic acids is 1. The maximum Gasteiger partial charge on any atom is 0.314 e. The molecule has 2 saturated heterocycles. The number of carboxylic acid groups (broad SMARTS) is 1. The second kappa shape index (κ2) is 10.3. The summed E-state index contributed by atoms with van der Waals surface area (Å²) in [6, 6.07) is 10.7. The van der Waals surface area contributed by atoms with Gasteiger partial charge < -0.3 is 14.7 Å². The number of carbonyl (C=O) groups is 2. The minimum Gasteiger partial charge on any atom is -0.481 e. The van der Waals surface area contributed by atoms with E-state index in [0.29, 0.717) is 18.4 Å². The number of carboxylic acids is 1. The number of hydrogen-bond acceptors (Lipinski definition) is 4. The van der Waals surface area contributed by atoms with Gasteiger partial charge in [0.1, 0.15) is 12.5 Å². The van der Waals surface area contributed by atoms with Gasteiger partial charge in [0.15, 0.2) is 0 Å². The number of fused-ring (bicyclic) bond motifs is 2. The molecule has 1 aromatic rings. The summed E-state index contributed by atoms with van der Waals surface area (Å²) in [7, 11) is 2.29. The Morgan fingerprint density at radius 1 is 1.15 bits per heavy atom. The fourth-order valence-electron chi connectivity index (χ4n) is 3.82. The molecule has 0 spiro atoms. The molecule has 3 rings (SSSR count). The Morgan fingerprint density at radius 2 is 1.77 bits per heavy atom. The lowest BCUT2D eigenvalue weighted by Crippen LogP contribution is -2.35. The third kappa shape index (κ3) is 5.84. The molecule has 5 heteroatoms. The quantitative estimate of drug-likeness (QED) is 0.780. The van der Waals surface area contributed by atoms with E-state index >= 15 is 0 Å². The summed E-state index contributed by atoms with van der Waals surface area (Å²) in [4.78, 5) is 24.9. The molecule has 0 aliphatic carbocycles.